The summed E-state index contributed by atoms with van der Waals surface area (Å²) in [5, 5.41) is 3.47. The number of hydrogen-bond acceptors (Lipinski definition) is 4. The minimum absolute atomic E-state index is 0.582. The second-order valence-electron chi connectivity index (χ2n) is 6.01. The standard InChI is InChI=1S/C18H20N4O/c1-23-14-7-5-12(6-8-14)11-20-15-9-10-19-18-16(15)21-17(22-18)13-3-2-4-13/h5-10,13H,2-4,11H2,1H3,(H2,19,20,21,22). The number of nitrogens with zero attached hydrogens (tertiary/aromatic N) is 2. The zero-order valence-corrected chi connectivity index (χ0v) is 13.2. The number of anilines is 1. The second kappa shape index (κ2) is 5.91. The van der Waals surface area contributed by atoms with E-state index >= 15 is 0 Å². The molecule has 0 bridgehead atoms. The molecular formula is C18H20N4O. The summed E-state index contributed by atoms with van der Waals surface area (Å²) in [5.74, 6) is 2.54. The Labute approximate surface area is 135 Å². The molecule has 0 aliphatic heterocycles. The number of pyridine rings is 1. The molecule has 23 heavy (non-hydrogen) atoms. The number of fused-ring (bicyclic) bond motifs is 1. The number of aromatic amines is 1. The molecule has 4 rings (SSSR count). The molecule has 5 nitrogen and oxygen atoms in total. The van der Waals surface area contributed by atoms with E-state index in [2.05, 4.69) is 27.4 Å². The molecule has 118 valence electrons. The van der Waals surface area contributed by atoms with Gasteiger partial charge in [0.05, 0.1) is 12.8 Å². The SMILES string of the molecule is COc1ccc(CNc2ccnc3[nH]c(C4CCC4)nc23)cc1. The van der Waals surface area contributed by atoms with Crippen LogP contribution in [-0.4, -0.2) is 22.1 Å². The molecule has 0 atom stereocenters. The molecule has 1 fully saturated rings. The van der Waals surface area contributed by atoms with Crippen LogP contribution in [0.2, 0.25) is 0 Å². The number of rotatable bonds is 5. The topological polar surface area (TPSA) is 62.8 Å². The van der Waals surface area contributed by atoms with E-state index in [-0.39, 0.29) is 0 Å². The van der Waals surface area contributed by atoms with Crippen LogP contribution < -0.4 is 10.1 Å². The summed E-state index contributed by atoms with van der Waals surface area (Å²) >= 11 is 0. The lowest BCUT2D eigenvalue weighted by atomic mass is 9.85. The lowest BCUT2D eigenvalue weighted by Crippen LogP contribution is -2.10. The van der Waals surface area contributed by atoms with E-state index in [1.54, 1.807) is 7.11 Å². The third-order valence-electron chi connectivity index (χ3n) is 4.54. The van der Waals surface area contributed by atoms with Gasteiger partial charge < -0.3 is 15.0 Å². The molecule has 5 heteroatoms. The van der Waals surface area contributed by atoms with Crippen molar-refractivity contribution in [2.24, 2.45) is 0 Å². The van der Waals surface area contributed by atoms with E-state index in [1.807, 2.05) is 24.4 Å². The number of hydrogen-bond donors (Lipinski definition) is 2. The molecule has 0 unspecified atom stereocenters. The van der Waals surface area contributed by atoms with E-state index in [1.165, 1.54) is 24.8 Å². The molecular weight excluding hydrogens is 288 g/mol. The average molecular weight is 308 g/mol. The van der Waals surface area contributed by atoms with Gasteiger partial charge in [-0.2, -0.15) is 0 Å². The van der Waals surface area contributed by atoms with Gasteiger partial charge >= 0.3 is 0 Å². The number of imidazole rings is 1. The summed E-state index contributed by atoms with van der Waals surface area (Å²) in [5.41, 5.74) is 4.02. The van der Waals surface area contributed by atoms with E-state index in [0.717, 1.165) is 35.0 Å². The number of methoxy groups -OCH3 is 1. The van der Waals surface area contributed by atoms with Crippen LogP contribution in [0, 0.1) is 0 Å². The van der Waals surface area contributed by atoms with Crippen molar-refractivity contribution in [3.05, 3.63) is 47.9 Å². The van der Waals surface area contributed by atoms with Crippen LogP contribution in [0.1, 0.15) is 36.6 Å². The zero-order chi connectivity index (χ0) is 15.6. The van der Waals surface area contributed by atoms with Gasteiger partial charge in [-0.15, -0.1) is 0 Å². The minimum atomic E-state index is 0.582. The Balaban J connectivity index is 1.54. The quantitative estimate of drug-likeness (QED) is 0.751. The van der Waals surface area contributed by atoms with Gasteiger partial charge in [0.15, 0.2) is 5.65 Å². The highest BCUT2D eigenvalue weighted by molar-refractivity contribution is 5.85. The van der Waals surface area contributed by atoms with Crippen LogP contribution >= 0.6 is 0 Å². The fraction of sp³-hybridized carbons (Fsp3) is 0.333. The largest absolute Gasteiger partial charge is 0.497 e. The van der Waals surface area contributed by atoms with Crippen molar-refractivity contribution in [1.82, 2.24) is 15.0 Å². The highest BCUT2D eigenvalue weighted by Crippen LogP contribution is 2.36. The molecule has 0 radical (unpaired) electrons. The molecule has 2 N–H and O–H groups in total. The first-order chi connectivity index (χ1) is 11.3. The van der Waals surface area contributed by atoms with Gasteiger partial charge in [-0.05, 0) is 36.6 Å². The number of nitrogens with one attached hydrogen (secondary N) is 2. The highest BCUT2D eigenvalue weighted by atomic mass is 16.5. The number of H-pyrrole nitrogens is 1. The monoisotopic (exact) mass is 308 g/mol. The van der Waals surface area contributed by atoms with Crippen LogP contribution in [0.15, 0.2) is 36.5 Å². The lowest BCUT2D eigenvalue weighted by molar-refractivity contribution is 0.404. The third kappa shape index (κ3) is 2.74. The van der Waals surface area contributed by atoms with Crippen molar-refractivity contribution in [3.8, 4) is 5.75 Å². The predicted octanol–water partition coefficient (Wildman–Crippen LogP) is 3.85. The van der Waals surface area contributed by atoms with E-state index in [4.69, 9.17) is 9.72 Å². The molecule has 1 aliphatic carbocycles. The maximum absolute atomic E-state index is 5.19. The Morgan fingerprint density at radius 2 is 2.04 bits per heavy atom. The van der Waals surface area contributed by atoms with Crippen LogP contribution in [0.4, 0.5) is 5.69 Å². The summed E-state index contributed by atoms with van der Waals surface area (Å²) in [6.07, 6.45) is 5.59. The Hall–Kier alpha value is -2.56. The third-order valence-corrected chi connectivity index (χ3v) is 4.54. The van der Waals surface area contributed by atoms with Gasteiger partial charge in [0.25, 0.3) is 0 Å². The summed E-state index contributed by atoms with van der Waals surface area (Å²) in [7, 11) is 1.68. The molecule has 1 aromatic carbocycles. The first kappa shape index (κ1) is 14.1. The van der Waals surface area contributed by atoms with Gasteiger partial charge in [-0.1, -0.05) is 18.6 Å². The predicted molar refractivity (Wildman–Crippen MR) is 90.8 cm³/mol. The van der Waals surface area contributed by atoms with Crippen molar-refractivity contribution in [3.63, 3.8) is 0 Å². The average Bonchev–Trinajstić information content (AvgIpc) is 2.95. The molecule has 0 amide bonds. The van der Waals surface area contributed by atoms with Crippen molar-refractivity contribution in [2.45, 2.75) is 31.7 Å². The van der Waals surface area contributed by atoms with Gasteiger partial charge in [0, 0.05) is 18.7 Å². The smallest absolute Gasteiger partial charge is 0.159 e. The molecule has 0 saturated heterocycles. The summed E-state index contributed by atoms with van der Waals surface area (Å²) < 4.78 is 5.19. The van der Waals surface area contributed by atoms with Crippen LogP contribution in [0.5, 0.6) is 5.75 Å². The molecule has 1 aliphatic rings. The first-order valence-corrected chi connectivity index (χ1v) is 8.05. The number of ether oxygens (including phenoxy) is 1. The van der Waals surface area contributed by atoms with Gasteiger partial charge in [-0.3, -0.25) is 0 Å². The summed E-state index contributed by atoms with van der Waals surface area (Å²) in [6.45, 7) is 0.745. The van der Waals surface area contributed by atoms with E-state index < -0.39 is 0 Å². The van der Waals surface area contributed by atoms with Crippen LogP contribution in [0.25, 0.3) is 11.2 Å². The van der Waals surface area contributed by atoms with Gasteiger partial charge in [0.1, 0.15) is 17.1 Å². The summed E-state index contributed by atoms with van der Waals surface area (Å²) in [4.78, 5) is 12.6. The Morgan fingerprint density at radius 1 is 1.22 bits per heavy atom. The van der Waals surface area contributed by atoms with Crippen molar-refractivity contribution >= 4 is 16.9 Å². The Morgan fingerprint density at radius 3 is 2.74 bits per heavy atom. The normalized spacial score (nSPS) is 14.7. The van der Waals surface area contributed by atoms with Gasteiger partial charge in [-0.25, -0.2) is 9.97 Å². The lowest BCUT2D eigenvalue weighted by Gasteiger charge is -2.22. The second-order valence-corrected chi connectivity index (χ2v) is 6.01. The van der Waals surface area contributed by atoms with Crippen LogP contribution in [-0.2, 0) is 6.54 Å². The molecule has 0 spiro atoms. The highest BCUT2D eigenvalue weighted by Gasteiger charge is 2.23. The molecule has 1 saturated carbocycles. The van der Waals surface area contributed by atoms with Crippen molar-refractivity contribution in [2.75, 3.05) is 12.4 Å². The number of benzene rings is 1. The molecule has 3 aromatic rings. The molecule has 2 heterocycles. The zero-order valence-electron chi connectivity index (χ0n) is 13.2. The van der Waals surface area contributed by atoms with Crippen LogP contribution in [0.3, 0.4) is 0 Å². The fourth-order valence-corrected chi connectivity index (χ4v) is 2.89. The van der Waals surface area contributed by atoms with Gasteiger partial charge in [0.2, 0.25) is 0 Å². The van der Waals surface area contributed by atoms with Crippen molar-refractivity contribution in [1.29, 1.82) is 0 Å². The summed E-state index contributed by atoms with van der Waals surface area (Å²) in [6, 6.07) is 10.1. The van der Waals surface area contributed by atoms with Crippen molar-refractivity contribution < 1.29 is 4.74 Å². The molecule has 2 aromatic heterocycles. The maximum Gasteiger partial charge on any atom is 0.159 e. The fourth-order valence-electron chi connectivity index (χ4n) is 2.89. The Kier molecular flexibility index (Phi) is 3.61. The van der Waals surface area contributed by atoms with E-state index in [9.17, 15) is 0 Å². The minimum Gasteiger partial charge on any atom is -0.497 e. The van der Waals surface area contributed by atoms with E-state index in [0.29, 0.717) is 5.92 Å². The maximum atomic E-state index is 5.19. The Bertz CT molecular complexity index is 806. The first-order valence-electron chi connectivity index (χ1n) is 8.05. The number of aromatic nitrogens is 3.